The molecule has 3 N–H and O–H groups in total. The minimum absolute atomic E-state index is 0.189. The van der Waals surface area contributed by atoms with Gasteiger partial charge in [-0.15, -0.1) is 0 Å². The molecule has 0 atom stereocenters. The van der Waals surface area contributed by atoms with Gasteiger partial charge in [-0.05, 0) is 31.0 Å². The van der Waals surface area contributed by atoms with E-state index in [9.17, 15) is 0 Å². The van der Waals surface area contributed by atoms with Crippen LogP contribution in [0.4, 0.5) is 23.5 Å². The molecule has 1 aliphatic heterocycles. The Labute approximate surface area is 132 Å². The summed E-state index contributed by atoms with van der Waals surface area (Å²) in [6.07, 6.45) is 2.28. The van der Waals surface area contributed by atoms with Crippen LogP contribution in [0.25, 0.3) is 0 Å². The Kier molecular flexibility index (Phi) is 3.98. The lowest BCUT2D eigenvalue weighted by molar-refractivity contribution is 0.887. The molecule has 0 saturated carbocycles. The first-order valence-corrected chi connectivity index (χ1v) is 7.36. The summed E-state index contributed by atoms with van der Waals surface area (Å²) in [7, 11) is 0. The lowest BCUT2D eigenvalue weighted by Gasteiger charge is -2.16. The van der Waals surface area contributed by atoms with Crippen molar-refractivity contribution in [3.8, 4) is 0 Å². The van der Waals surface area contributed by atoms with Crippen LogP contribution in [0.1, 0.15) is 12.8 Å². The van der Waals surface area contributed by atoms with Gasteiger partial charge in [0.2, 0.25) is 17.8 Å². The van der Waals surface area contributed by atoms with Gasteiger partial charge in [0.05, 0.1) is 10.0 Å². The molecular formula is C13H14Cl2N6. The van der Waals surface area contributed by atoms with Gasteiger partial charge in [-0.2, -0.15) is 15.0 Å². The van der Waals surface area contributed by atoms with Crippen molar-refractivity contribution in [2.24, 2.45) is 0 Å². The van der Waals surface area contributed by atoms with Crippen molar-refractivity contribution in [3.05, 3.63) is 28.2 Å². The van der Waals surface area contributed by atoms with Gasteiger partial charge >= 0.3 is 0 Å². The maximum atomic E-state index is 5.99. The molecule has 0 bridgehead atoms. The maximum absolute atomic E-state index is 5.99. The predicted molar refractivity (Wildman–Crippen MR) is 85.4 cm³/mol. The highest BCUT2D eigenvalue weighted by molar-refractivity contribution is 6.42. The molecule has 1 fully saturated rings. The van der Waals surface area contributed by atoms with Gasteiger partial charge in [-0.25, -0.2) is 0 Å². The number of anilines is 4. The average Bonchev–Trinajstić information content (AvgIpc) is 2.96. The zero-order valence-electron chi connectivity index (χ0n) is 11.2. The van der Waals surface area contributed by atoms with E-state index in [0.29, 0.717) is 21.9 Å². The topological polar surface area (TPSA) is 80.0 Å². The van der Waals surface area contributed by atoms with Gasteiger partial charge in [0.1, 0.15) is 0 Å². The number of nitrogen functional groups attached to an aromatic ring is 1. The van der Waals surface area contributed by atoms with Gasteiger partial charge in [-0.1, -0.05) is 23.2 Å². The summed E-state index contributed by atoms with van der Waals surface area (Å²) < 4.78 is 0. The average molecular weight is 325 g/mol. The summed E-state index contributed by atoms with van der Waals surface area (Å²) >= 11 is 11.9. The zero-order valence-corrected chi connectivity index (χ0v) is 12.7. The molecule has 1 aromatic carbocycles. The summed E-state index contributed by atoms with van der Waals surface area (Å²) in [5.74, 6) is 1.18. The van der Waals surface area contributed by atoms with Gasteiger partial charge in [0.15, 0.2) is 0 Å². The summed E-state index contributed by atoms with van der Waals surface area (Å²) in [4.78, 5) is 14.8. The smallest absolute Gasteiger partial charge is 0.233 e. The van der Waals surface area contributed by atoms with Gasteiger partial charge in [0.25, 0.3) is 0 Å². The number of aromatic nitrogens is 3. The number of benzene rings is 1. The van der Waals surface area contributed by atoms with Gasteiger partial charge < -0.3 is 16.0 Å². The molecule has 0 radical (unpaired) electrons. The molecule has 0 aliphatic carbocycles. The highest BCUT2D eigenvalue weighted by atomic mass is 35.5. The predicted octanol–water partition coefficient (Wildman–Crippen LogP) is 3.10. The van der Waals surface area contributed by atoms with Crippen molar-refractivity contribution in [3.63, 3.8) is 0 Å². The maximum Gasteiger partial charge on any atom is 0.233 e. The first-order valence-electron chi connectivity index (χ1n) is 6.60. The molecule has 0 spiro atoms. The molecule has 3 rings (SSSR count). The third-order valence-electron chi connectivity index (χ3n) is 3.21. The summed E-state index contributed by atoms with van der Waals surface area (Å²) in [5.41, 5.74) is 6.50. The van der Waals surface area contributed by atoms with Crippen LogP contribution < -0.4 is 16.0 Å². The quantitative estimate of drug-likeness (QED) is 0.903. The number of rotatable bonds is 3. The number of halogens is 2. The fourth-order valence-electron chi connectivity index (χ4n) is 2.20. The third kappa shape index (κ3) is 3.28. The lowest BCUT2D eigenvalue weighted by Crippen LogP contribution is -2.21. The van der Waals surface area contributed by atoms with E-state index < -0.39 is 0 Å². The molecule has 2 aromatic rings. The molecule has 0 amide bonds. The zero-order chi connectivity index (χ0) is 14.8. The summed E-state index contributed by atoms with van der Waals surface area (Å²) in [5, 5.41) is 4.02. The second kappa shape index (κ2) is 5.91. The molecule has 1 saturated heterocycles. The monoisotopic (exact) mass is 324 g/mol. The lowest BCUT2D eigenvalue weighted by atomic mass is 10.3. The Bertz CT molecular complexity index is 657. The van der Waals surface area contributed by atoms with E-state index in [0.717, 1.165) is 31.6 Å². The van der Waals surface area contributed by atoms with E-state index in [4.69, 9.17) is 28.9 Å². The highest BCUT2D eigenvalue weighted by Gasteiger charge is 2.16. The summed E-state index contributed by atoms with van der Waals surface area (Å²) in [6, 6.07) is 5.21. The number of nitrogens with two attached hydrogens (primary N) is 1. The van der Waals surface area contributed by atoms with E-state index >= 15 is 0 Å². The Morgan fingerprint density at radius 1 is 1.05 bits per heavy atom. The molecule has 6 nitrogen and oxygen atoms in total. The van der Waals surface area contributed by atoms with Crippen LogP contribution in [-0.4, -0.2) is 28.0 Å². The van der Waals surface area contributed by atoms with Crippen LogP contribution in [0.2, 0.25) is 10.0 Å². The van der Waals surface area contributed by atoms with Crippen molar-refractivity contribution in [2.75, 3.05) is 29.0 Å². The van der Waals surface area contributed by atoms with E-state index in [1.807, 2.05) is 0 Å². The Hall–Kier alpha value is -1.79. The van der Waals surface area contributed by atoms with Crippen LogP contribution in [0.15, 0.2) is 18.2 Å². The van der Waals surface area contributed by atoms with Crippen LogP contribution >= 0.6 is 23.2 Å². The standard InChI is InChI=1S/C13H14Cl2N6/c14-9-4-3-8(7-10(9)15)17-12-18-11(16)19-13(20-12)21-5-1-2-6-21/h3-4,7H,1-2,5-6H2,(H3,16,17,18,19,20). The fraction of sp³-hybridized carbons (Fsp3) is 0.308. The third-order valence-corrected chi connectivity index (χ3v) is 3.94. The fourth-order valence-corrected chi connectivity index (χ4v) is 2.50. The van der Waals surface area contributed by atoms with Gasteiger partial charge in [-0.3, -0.25) is 0 Å². The second-order valence-electron chi connectivity index (χ2n) is 4.77. The van der Waals surface area contributed by atoms with Crippen molar-refractivity contribution >= 4 is 46.7 Å². The van der Waals surface area contributed by atoms with E-state index in [1.165, 1.54) is 0 Å². The van der Waals surface area contributed by atoms with E-state index in [-0.39, 0.29) is 5.95 Å². The van der Waals surface area contributed by atoms with Crippen molar-refractivity contribution in [1.82, 2.24) is 15.0 Å². The number of nitrogens with zero attached hydrogens (tertiary/aromatic N) is 4. The first kappa shape index (κ1) is 14.2. The van der Waals surface area contributed by atoms with Crippen LogP contribution in [-0.2, 0) is 0 Å². The van der Waals surface area contributed by atoms with E-state index in [1.54, 1.807) is 18.2 Å². The Balaban J connectivity index is 1.85. The molecule has 8 heteroatoms. The van der Waals surface area contributed by atoms with Crippen molar-refractivity contribution in [2.45, 2.75) is 12.8 Å². The van der Waals surface area contributed by atoms with Gasteiger partial charge in [0, 0.05) is 18.8 Å². The first-order chi connectivity index (χ1) is 10.1. The van der Waals surface area contributed by atoms with Crippen LogP contribution in [0.3, 0.4) is 0 Å². The normalized spacial score (nSPS) is 14.5. The molecule has 110 valence electrons. The Morgan fingerprint density at radius 2 is 1.81 bits per heavy atom. The molecule has 1 aromatic heterocycles. The van der Waals surface area contributed by atoms with Crippen molar-refractivity contribution in [1.29, 1.82) is 0 Å². The largest absolute Gasteiger partial charge is 0.368 e. The van der Waals surface area contributed by atoms with Crippen molar-refractivity contribution < 1.29 is 0 Å². The van der Waals surface area contributed by atoms with E-state index in [2.05, 4.69) is 25.2 Å². The minimum atomic E-state index is 0.189. The number of hydrogen-bond donors (Lipinski definition) is 2. The molecular weight excluding hydrogens is 311 g/mol. The van der Waals surface area contributed by atoms with Crippen LogP contribution in [0, 0.1) is 0 Å². The summed E-state index contributed by atoms with van der Waals surface area (Å²) in [6.45, 7) is 1.88. The molecule has 21 heavy (non-hydrogen) atoms. The second-order valence-corrected chi connectivity index (χ2v) is 5.58. The molecule has 1 aliphatic rings. The van der Waals surface area contributed by atoms with Crippen LogP contribution in [0.5, 0.6) is 0 Å². The minimum Gasteiger partial charge on any atom is -0.368 e. The Morgan fingerprint density at radius 3 is 2.52 bits per heavy atom. The molecule has 2 heterocycles. The number of nitrogens with one attached hydrogen (secondary N) is 1. The molecule has 0 unspecified atom stereocenters. The SMILES string of the molecule is Nc1nc(Nc2ccc(Cl)c(Cl)c2)nc(N2CCCC2)n1. The highest BCUT2D eigenvalue weighted by Crippen LogP contribution is 2.26. The number of hydrogen-bond acceptors (Lipinski definition) is 6.